The molecular weight excluding hydrogens is 470 g/mol. The number of imidazole rings is 1. The van der Waals surface area contributed by atoms with Gasteiger partial charge in [-0.15, -0.1) is 0 Å². The minimum absolute atomic E-state index is 0.114. The molecule has 1 unspecified atom stereocenters. The second-order valence-electron chi connectivity index (χ2n) is 10.4. The van der Waals surface area contributed by atoms with Crippen molar-refractivity contribution < 1.29 is 18.4 Å². The monoisotopic (exact) mass is 498 g/mol. The van der Waals surface area contributed by atoms with Crippen LogP contribution in [0.1, 0.15) is 73.0 Å². The lowest BCUT2D eigenvalue weighted by molar-refractivity contribution is -0.134. The van der Waals surface area contributed by atoms with E-state index in [-0.39, 0.29) is 55.5 Å². The number of amides is 2. The molecule has 0 aromatic carbocycles. The van der Waals surface area contributed by atoms with Crippen LogP contribution in [0.15, 0.2) is 24.8 Å². The van der Waals surface area contributed by atoms with Gasteiger partial charge in [0.25, 0.3) is 5.91 Å². The van der Waals surface area contributed by atoms with Crippen LogP contribution < -0.4 is 10.6 Å². The third kappa shape index (κ3) is 5.07. The number of rotatable bonds is 10. The highest BCUT2D eigenvalue weighted by molar-refractivity contribution is 5.90. The smallest absolute Gasteiger partial charge is 0.289 e. The third-order valence-corrected chi connectivity index (χ3v) is 7.15. The zero-order chi connectivity index (χ0) is 24.9. The Bertz CT molecular complexity index is 1290. The molecule has 0 spiro atoms. The molecule has 36 heavy (non-hydrogen) atoms. The maximum Gasteiger partial charge on any atom is 0.289 e. The van der Waals surface area contributed by atoms with Crippen LogP contribution >= 0.6 is 0 Å². The van der Waals surface area contributed by atoms with E-state index in [1.165, 1.54) is 6.33 Å². The van der Waals surface area contributed by atoms with E-state index in [2.05, 4.69) is 30.7 Å². The van der Waals surface area contributed by atoms with E-state index in [0.717, 1.165) is 25.7 Å². The summed E-state index contributed by atoms with van der Waals surface area (Å²) >= 11 is 0. The Morgan fingerprint density at radius 1 is 1.14 bits per heavy atom. The van der Waals surface area contributed by atoms with E-state index in [1.807, 2.05) is 12.3 Å². The Balaban J connectivity index is 1.09. The summed E-state index contributed by atoms with van der Waals surface area (Å²) in [6.07, 6.45) is 8.97. The summed E-state index contributed by atoms with van der Waals surface area (Å²) in [4.78, 5) is 38.4. The summed E-state index contributed by atoms with van der Waals surface area (Å²) in [6.45, 7) is 0.915. The second kappa shape index (κ2) is 8.90. The summed E-state index contributed by atoms with van der Waals surface area (Å²) in [5, 5.41) is 10.0. The standard InChI is InChI=1S/C24H28F2N8O2/c25-24(26)8-15(9-24)7-19(35)32-20(16-3-4-16)18-5-6-33-12-17(30-23(33)31-18)10-27-22(36)21-28-13-29-34(21)11-14-1-2-14/h5-6,12-16,20H,1-4,7-11H2,(H,27,36)(H,32,35). The van der Waals surface area contributed by atoms with Gasteiger partial charge >= 0.3 is 0 Å². The highest BCUT2D eigenvalue weighted by Crippen LogP contribution is 2.45. The molecule has 6 rings (SSSR count). The quantitative estimate of drug-likeness (QED) is 0.444. The van der Waals surface area contributed by atoms with E-state index in [4.69, 9.17) is 0 Å². The van der Waals surface area contributed by atoms with Gasteiger partial charge in [-0.3, -0.25) is 14.0 Å². The second-order valence-corrected chi connectivity index (χ2v) is 10.4. The molecule has 3 fully saturated rings. The minimum atomic E-state index is -2.63. The fraction of sp³-hybridized carbons (Fsp3) is 0.583. The lowest BCUT2D eigenvalue weighted by Crippen LogP contribution is -2.39. The van der Waals surface area contributed by atoms with Crippen molar-refractivity contribution in [3.05, 3.63) is 42.0 Å². The first kappa shape index (κ1) is 23.0. The molecule has 0 saturated heterocycles. The van der Waals surface area contributed by atoms with Gasteiger partial charge in [-0.05, 0) is 49.5 Å². The predicted molar refractivity (Wildman–Crippen MR) is 123 cm³/mol. The van der Waals surface area contributed by atoms with E-state index in [1.54, 1.807) is 15.3 Å². The summed E-state index contributed by atoms with van der Waals surface area (Å²) in [5.41, 5.74) is 1.34. The van der Waals surface area contributed by atoms with Crippen molar-refractivity contribution in [1.82, 2.24) is 39.8 Å². The number of alkyl halides is 2. The van der Waals surface area contributed by atoms with Crippen LogP contribution in [-0.2, 0) is 17.9 Å². The van der Waals surface area contributed by atoms with Crippen molar-refractivity contribution in [2.75, 3.05) is 0 Å². The van der Waals surface area contributed by atoms with Gasteiger partial charge in [0.05, 0.1) is 24.0 Å². The molecule has 3 aliphatic rings. The van der Waals surface area contributed by atoms with E-state index >= 15 is 0 Å². The molecule has 190 valence electrons. The average Bonchev–Trinajstić information content (AvgIpc) is 3.73. The fourth-order valence-corrected chi connectivity index (χ4v) is 4.85. The van der Waals surface area contributed by atoms with Crippen LogP contribution in [0, 0.1) is 17.8 Å². The van der Waals surface area contributed by atoms with Crippen LogP contribution in [0.5, 0.6) is 0 Å². The Kier molecular flexibility index (Phi) is 5.68. The van der Waals surface area contributed by atoms with Gasteiger partial charge in [0, 0.05) is 38.2 Å². The lowest BCUT2D eigenvalue weighted by atomic mass is 9.79. The van der Waals surface area contributed by atoms with Gasteiger partial charge in [-0.1, -0.05) is 0 Å². The zero-order valence-corrected chi connectivity index (χ0v) is 19.7. The summed E-state index contributed by atoms with van der Waals surface area (Å²) < 4.78 is 29.6. The summed E-state index contributed by atoms with van der Waals surface area (Å²) in [6, 6.07) is 1.58. The molecule has 1 atom stereocenters. The van der Waals surface area contributed by atoms with Crippen LogP contribution in [0.4, 0.5) is 8.78 Å². The van der Waals surface area contributed by atoms with Crippen molar-refractivity contribution in [3.63, 3.8) is 0 Å². The van der Waals surface area contributed by atoms with Gasteiger partial charge in [0.15, 0.2) is 0 Å². The van der Waals surface area contributed by atoms with Crippen molar-refractivity contribution in [2.45, 2.75) is 70.0 Å². The molecule has 0 radical (unpaired) electrons. The van der Waals surface area contributed by atoms with Gasteiger partial charge in [0.1, 0.15) is 6.33 Å². The van der Waals surface area contributed by atoms with Gasteiger partial charge in [-0.25, -0.2) is 28.4 Å². The Morgan fingerprint density at radius 2 is 1.94 bits per heavy atom. The largest absolute Gasteiger partial charge is 0.347 e. The molecule has 2 N–H and O–H groups in total. The fourth-order valence-electron chi connectivity index (χ4n) is 4.85. The molecule has 12 heteroatoms. The molecule has 3 saturated carbocycles. The number of nitrogens with one attached hydrogen (secondary N) is 2. The lowest BCUT2D eigenvalue weighted by Gasteiger charge is -2.34. The first-order chi connectivity index (χ1) is 17.3. The number of fused-ring (bicyclic) bond motifs is 1. The number of carbonyl (C=O) groups is 2. The molecular formula is C24H28F2N8O2. The topological polar surface area (TPSA) is 119 Å². The first-order valence-corrected chi connectivity index (χ1v) is 12.5. The van der Waals surface area contributed by atoms with Gasteiger partial charge in [0.2, 0.25) is 23.4 Å². The molecule has 0 aliphatic heterocycles. The maximum atomic E-state index is 13.1. The van der Waals surface area contributed by atoms with Crippen molar-refractivity contribution in [1.29, 1.82) is 0 Å². The zero-order valence-electron chi connectivity index (χ0n) is 19.7. The van der Waals surface area contributed by atoms with Crippen LogP contribution in [0.2, 0.25) is 0 Å². The predicted octanol–water partition coefficient (Wildman–Crippen LogP) is 2.66. The molecule has 10 nitrogen and oxygen atoms in total. The Labute approximate surface area is 205 Å². The number of hydrogen-bond acceptors (Lipinski definition) is 6. The highest BCUT2D eigenvalue weighted by Gasteiger charge is 2.46. The molecule has 3 heterocycles. The Morgan fingerprint density at radius 3 is 2.67 bits per heavy atom. The Hall–Kier alpha value is -3.44. The summed E-state index contributed by atoms with van der Waals surface area (Å²) in [7, 11) is 0. The number of hydrogen-bond donors (Lipinski definition) is 2. The van der Waals surface area contributed by atoms with Crippen molar-refractivity contribution in [3.8, 4) is 0 Å². The first-order valence-electron chi connectivity index (χ1n) is 12.5. The number of halogens is 2. The van der Waals surface area contributed by atoms with Crippen LogP contribution in [0.25, 0.3) is 5.78 Å². The van der Waals surface area contributed by atoms with Crippen molar-refractivity contribution >= 4 is 17.6 Å². The van der Waals surface area contributed by atoms with Crippen LogP contribution in [-0.4, -0.2) is 46.9 Å². The SMILES string of the molecule is O=C(CC1CC(F)(F)C1)NC(c1ccn2cc(CNC(=O)c3ncnn3CC3CC3)nc2n1)C1CC1. The normalized spacial score (nSPS) is 20.2. The third-order valence-electron chi connectivity index (χ3n) is 7.15. The van der Waals surface area contributed by atoms with Gasteiger partial charge < -0.3 is 10.6 Å². The maximum absolute atomic E-state index is 13.1. The highest BCUT2D eigenvalue weighted by atomic mass is 19.3. The van der Waals surface area contributed by atoms with Crippen molar-refractivity contribution in [2.24, 2.45) is 17.8 Å². The molecule has 3 aromatic heterocycles. The number of carbonyl (C=O) groups excluding carboxylic acids is 2. The van der Waals surface area contributed by atoms with Crippen LogP contribution in [0.3, 0.4) is 0 Å². The van der Waals surface area contributed by atoms with Gasteiger partial charge in [-0.2, -0.15) is 5.10 Å². The minimum Gasteiger partial charge on any atom is -0.347 e. The van der Waals surface area contributed by atoms with E-state index in [9.17, 15) is 18.4 Å². The molecule has 3 aliphatic carbocycles. The molecule has 2 amide bonds. The number of aromatic nitrogens is 6. The summed E-state index contributed by atoms with van der Waals surface area (Å²) in [5.74, 6) is -1.79. The van der Waals surface area contributed by atoms with E-state index in [0.29, 0.717) is 35.5 Å². The van der Waals surface area contributed by atoms with E-state index < -0.39 is 5.92 Å². The molecule has 3 aromatic rings. The number of nitrogens with zero attached hydrogens (tertiary/aromatic N) is 6. The molecule has 0 bridgehead atoms. The average molecular weight is 499 g/mol.